The predicted molar refractivity (Wildman–Crippen MR) is 189 cm³/mol. The van der Waals surface area contributed by atoms with Gasteiger partial charge in [0.2, 0.25) is 17.7 Å². The molecule has 49 heavy (non-hydrogen) atoms. The van der Waals surface area contributed by atoms with Crippen LogP contribution in [0.2, 0.25) is 0 Å². The molecule has 2 bridgehead atoms. The number of rotatable bonds is 15. The summed E-state index contributed by atoms with van der Waals surface area (Å²) in [5.74, 6) is -3.27. The number of carbonyl (C=O) groups is 4. The van der Waals surface area contributed by atoms with Gasteiger partial charge in [0.05, 0.1) is 36.6 Å². The number of esters is 1. The van der Waals surface area contributed by atoms with Crippen molar-refractivity contribution in [2.45, 2.75) is 118 Å². The minimum absolute atomic E-state index is 0.0132. The number of likely N-dealkylation sites (tertiary alicyclic amines) is 1. The van der Waals surface area contributed by atoms with Crippen LogP contribution in [-0.2, 0) is 28.7 Å². The van der Waals surface area contributed by atoms with Crippen LogP contribution in [0.4, 0.5) is 0 Å². The molecule has 1 spiro atoms. The lowest BCUT2D eigenvalue weighted by molar-refractivity contribution is -0.165. The molecule has 1 aromatic rings. The van der Waals surface area contributed by atoms with Gasteiger partial charge in [0.25, 0.3) is 0 Å². The maximum absolute atomic E-state index is 14.8. The Kier molecular flexibility index (Phi) is 12.1. The molecule has 3 aliphatic heterocycles. The molecule has 9 atom stereocenters. The number of ether oxygens (including phenoxy) is 2. The van der Waals surface area contributed by atoms with Crippen LogP contribution in [0.25, 0.3) is 0 Å². The molecule has 1 aromatic carbocycles. The third-order valence-electron chi connectivity index (χ3n) is 11.3. The highest BCUT2D eigenvalue weighted by molar-refractivity contribution is 9.09. The van der Waals surface area contributed by atoms with Crippen molar-refractivity contribution in [1.29, 1.82) is 0 Å². The first-order valence-electron chi connectivity index (χ1n) is 17.8. The first-order chi connectivity index (χ1) is 23.6. The van der Waals surface area contributed by atoms with Crippen molar-refractivity contribution in [3.05, 3.63) is 61.2 Å². The van der Waals surface area contributed by atoms with Gasteiger partial charge >= 0.3 is 5.97 Å². The molecule has 4 fully saturated rings. The smallest absolute Gasteiger partial charge is 0.313 e. The number of fused-ring (bicyclic) bond motifs is 1. The first kappa shape index (κ1) is 37.2. The second-order valence-corrected chi connectivity index (χ2v) is 15.2. The summed E-state index contributed by atoms with van der Waals surface area (Å²) in [5, 5.41) is 10.5. The Morgan fingerprint density at radius 1 is 1.16 bits per heavy atom. The van der Waals surface area contributed by atoms with Crippen LogP contribution in [0.3, 0.4) is 0 Å². The lowest BCUT2D eigenvalue weighted by atomic mass is 9.70. The molecular weight excluding hydrogens is 690 g/mol. The number of benzene rings is 1. The first-order valence-corrected chi connectivity index (χ1v) is 18.8. The van der Waals surface area contributed by atoms with E-state index >= 15 is 0 Å². The van der Waals surface area contributed by atoms with Gasteiger partial charge in [-0.3, -0.25) is 19.2 Å². The third kappa shape index (κ3) is 6.87. The van der Waals surface area contributed by atoms with Crippen LogP contribution in [0.5, 0.6) is 0 Å². The number of nitrogens with zero attached hydrogens (tertiary/aromatic N) is 3. The average molecular weight is 743 g/mol. The van der Waals surface area contributed by atoms with Gasteiger partial charge in [0.1, 0.15) is 17.7 Å². The van der Waals surface area contributed by atoms with Gasteiger partial charge in [0.15, 0.2) is 0 Å². The van der Waals surface area contributed by atoms with Crippen LogP contribution in [0.1, 0.15) is 83.3 Å². The minimum Gasteiger partial charge on any atom is -0.455 e. The number of aliphatic hydroxyl groups is 1. The molecule has 4 aliphatic rings. The highest BCUT2D eigenvalue weighted by atomic mass is 79.9. The molecule has 3 amide bonds. The molecule has 1 unspecified atom stereocenters. The maximum Gasteiger partial charge on any atom is 0.313 e. The maximum atomic E-state index is 14.8. The molecule has 1 N–H and O–H groups in total. The van der Waals surface area contributed by atoms with Crippen molar-refractivity contribution >= 4 is 39.6 Å². The van der Waals surface area contributed by atoms with E-state index in [0.717, 1.165) is 32.1 Å². The summed E-state index contributed by atoms with van der Waals surface area (Å²) in [4.78, 5) is 61.7. The molecule has 0 radical (unpaired) electrons. The zero-order valence-electron chi connectivity index (χ0n) is 29.0. The molecule has 5 rings (SSSR count). The number of hydrogen-bond acceptors (Lipinski definition) is 7. The van der Waals surface area contributed by atoms with Crippen molar-refractivity contribution in [3.8, 4) is 0 Å². The number of halogens is 1. The van der Waals surface area contributed by atoms with Gasteiger partial charge in [-0.25, -0.2) is 0 Å². The molecule has 10 nitrogen and oxygen atoms in total. The fraction of sp³-hybridized carbons (Fsp3) is 0.632. The van der Waals surface area contributed by atoms with E-state index in [-0.39, 0.29) is 41.6 Å². The highest BCUT2D eigenvalue weighted by Crippen LogP contribution is 2.61. The number of likely N-dealkylation sites (N-methyl/N-ethyl adjacent to an activating group) is 1. The summed E-state index contributed by atoms with van der Waals surface area (Å²) in [5.41, 5.74) is -0.564. The van der Waals surface area contributed by atoms with E-state index in [1.165, 1.54) is 4.90 Å². The molecule has 1 aliphatic carbocycles. The minimum atomic E-state index is -1.28. The largest absolute Gasteiger partial charge is 0.455 e. The zero-order valence-corrected chi connectivity index (χ0v) is 30.6. The lowest BCUT2D eigenvalue weighted by Gasteiger charge is -2.42. The summed E-state index contributed by atoms with van der Waals surface area (Å²) in [6, 6.07) is 7.13. The van der Waals surface area contributed by atoms with E-state index in [1.807, 2.05) is 49.1 Å². The SMILES string of the molecule is C=CCCC(=O)N(C)[C@H](C)[C@H](OC(=O)[C@@H]1[C@H]2O[C@@]3(CC2Br)[C@H](C(=O)N(CC=C)C2CCCCC2)N([C@@H](CC)CO)C(=O)[C@@H]13)c1ccccc1. The Morgan fingerprint density at radius 3 is 2.47 bits per heavy atom. The zero-order chi connectivity index (χ0) is 35.5. The Balaban J connectivity index is 1.51. The van der Waals surface area contributed by atoms with Crippen LogP contribution < -0.4 is 0 Å². The monoisotopic (exact) mass is 741 g/mol. The number of aliphatic hydroxyl groups excluding tert-OH is 1. The Labute approximate surface area is 299 Å². The fourth-order valence-electron chi connectivity index (χ4n) is 8.65. The third-order valence-corrected chi connectivity index (χ3v) is 12.2. The summed E-state index contributed by atoms with van der Waals surface area (Å²) in [6.07, 6.45) is 8.39. The Hall–Kier alpha value is -3.02. The van der Waals surface area contributed by atoms with Crippen LogP contribution in [0, 0.1) is 11.8 Å². The highest BCUT2D eigenvalue weighted by Gasteiger charge is 2.77. The van der Waals surface area contributed by atoms with E-state index in [1.54, 1.807) is 24.1 Å². The summed E-state index contributed by atoms with van der Waals surface area (Å²) in [6.45, 7) is 11.4. The quantitative estimate of drug-likeness (QED) is 0.154. The lowest BCUT2D eigenvalue weighted by Crippen LogP contribution is -2.60. The van der Waals surface area contributed by atoms with Gasteiger partial charge < -0.3 is 29.3 Å². The fourth-order valence-corrected chi connectivity index (χ4v) is 9.60. The molecule has 3 saturated heterocycles. The number of amides is 3. The van der Waals surface area contributed by atoms with E-state index in [0.29, 0.717) is 31.4 Å². The predicted octanol–water partition coefficient (Wildman–Crippen LogP) is 4.95. The summed E-state index contributed by atoms with van der Waals surface area (Å²) >= 11 is 3.76. The van der Waals surface area contributed by atoms with Gasteiger partial charge in [-0.1, -0.05) is 84.6 Å². The Morgan fingerprint density at radius 2 is 1.86 bits per heavy atom. The normalized spacial score (nSPS) is 29.5. The number of hydrogen-bond donors (Lipinski definition) is 1. The number of allylic oxidation sites excluding steroid dienone is 1. The second-order valence-electron chi connectivity index (χ2n) is 14.1. The van der Waals surface area contributed by atoms with Crippen LogP contribution >= 0.6 is 15.9 Å². The topological polar surface area (TPSA) is 117 Å². The van der Waals surface area contributed by atoms with Crippen molar-refractivity contribution in [1.82, 2.24) is 14.7 Å². The molecule has 268 valence electrons. The molecule has 0 aromatic heterocycles. The number of carbonyl (C=O) groups excluding carboxylic acids is 4. The number of alkyl halides is 1. The summed E-state index contributed by atoms with van der Waals surface area (Å²) in [7, 11) is 1.69. The second kappa shape index (κ2) is 15.9. The van der Waals surface area contributed by atoms with Gasteiger partial charge in [-0.15, -0.1) is 13.2 Å². The molecule has 1 saturated carbocycles. The van der Waals surface area contributed by atoms with E-state index in [9.17, 15) is 24.3 Å². The van der Waals surface area contributed by atoms with Gasteiger partial charge in [0, 0.05) is 30.9 Å². The van der Waals surface area contributed by atoms with Crippen molar-refractivity contribution in [2.24, 2.45) is 11.8 Å². The molecule has 3 heterocycles. The average Bonchev–Trinajstić information content (AvgIpc) is 3.72. The van der Waals surface area contributed by atoms with Crippen LogP contribution in [-0.4, -0.2) is 104 Å². The van der Waals surface area contributed by atoms with Crippen molar-refractivity contribution < 1.29 is 33.8 Å². The van der Waals surface area contributed by atoms with Gasteiger partial charge in [-0.05, 0) is 44.6 Å². The summed E-state index contributed by atoms with van der Waals surface area (Å²) < 4.78 is 13.1. The molecule has 11 heteroatoms. The Bertz CT molecular complexity index is 1380. The van der Waals surface area contributed by atoms with Crippen LogP contribution in [0.15, 0.2) is 55.6 Å². The standard InChI is InChI=1S/C38H52BrN3O7/c1-6-9-20-29(44)40(5)24(4)32(25-16-12-10-13-17-25)48-37(47)30-31-35(45)42(26(8-3)23-43)34(38(31)22-28(39)33(30)49-38)36(46)41(21-7-2)27-18-14-11-15-19-27/h6-7,10,12-13,16-17,24,26-28,30-34,43H,1-2,8-9,11,14-15,18-23H2,3-5H3/t24-,26+,28?,30+,31-,32+,33+,34+,38-/m1/s1. The van der Waals surface area contributed by atoms with E-state index < -0.39 is 53.7 Å². The van der Waals surface area contributed by atoms with Crippen molar-refractivity contribution in [3.63, 3.8) is 0 Å². The van der Waals surface area contributed by atoms with Crippen molar-refractivity contribution in [2.75, 3.05) is 20.2 Å². The van der Waals surface area contributed by atoms with Gasteiger partial charge in [-0.2, -0.15) is 0 Å². The van der Waals surface area contributed by atoms with E-state index in [2.05, 4.69) is 29.1 Å². The van der Waals surface area contributed by atoms with E-state index in [4.69, 9.17) is 9.47 Å². The molecular formula is C38H52BrN3O7.